The topological polar surface area (TPSA) is 58.1 Å². The van der Waals surface area contributed by atoms with Crippen molar-refractivity contribution in [1.29, 1.82) is 0 Å². The van der Waals surface area contributed by atoms with E-state index in [-0.39, 0.29) is 5.91 Å². The van der Waals surface area contributed by atoms with Gasteiger partial charge in [-0.2, -0.15) is 0 Å². The van der Waals surface area contributed by atoms with Gasteiger partial charge in [-0.05, 0) is 44.9 Å². The van der Waals surface area contributed by atoms with Crippen LogP contribution in [0.15, 0.2) is 30.6 Å². The molecule has 0 saturated heterocycles. The van der Waals surface area contributed by atoms with Crippen LogP contribution >= 0.6 is 0 Å². The monoisotopic (exact) mass is 298 g/mol. The Labute approximate surface area is 131 Å². The lowest BCUT2D eigenvalue weighted by Crippen LogP contribution is -2.24. The summed E-state index contributed by atoms with van der Waals surface area (Å²) < 4.78 is 0. The number of nitrogens with zero attached hydrogens (tertiary/aromatic N) is 3. The molecule has 0 aliphatic rings. The van der Waals surface area contributed by atoms with Gasteiger partial charge in [0.05, 0.1) is 0 Å². The van der Waals surface area contributed by atoms with Crippen LogP contribution in [0.5, 0.6) is 0 Å². The highest BCUT2D eigenvalue weighted by Gasteiger charge is 2.12. The predicted octanol–water partition coefficient (Wildman–Crippen LogP) is 3.19. The highest BCUT2D eigenvalue weighted by atomic mass is 16.1. The van der Waals surface area contributed by atoms with Gasteiger partial charge in [-0.25, -0.2) is 9.97 Å². The third-order valence-electron chi connectivity index (χ3n) is 3.83. The number of aryl methyl sites for hydroxylation is 1. The van der Waals surface area contributed by atoms with Gasteiger partial charge in [-0.1, -0.05) is 12.1 Å². The molecule has 0 atom stereocenters. The molecule has 5 nitrogen and oxygen atoms in total. The number of aromatic nitrogens is 2. The zero-order chi connectivity index (χ0) is 16.1. The molecule has 5 heteroatoms. The maximum Gasteiger partial charge on any atom is 0.274 e. The van der Waals surface area contributed by atoms with E-state index in [0.717, 1.165) is 35.7 Å². The first-order valence-corrected chi connectivity index (χ1v) is 7.51. The van der Waals surface area contributed by atoms with Crippen LogP contribution in [0.3, 0.4) is 0 Å². The summed E-state index contributed by atoms with van der Waals surface area (Å²) in [6.07, 6.45) is 1.44. The molecule has 2 aromatic rings. The molecule has 1 aromatic heterocycles. The van der Waals surface area contributed by atoms with E-state index >= 15 is 0 Å². The summed E-state index contributed by atoms with van der Waals surface area (Å²) >= 11 is 0. The van der Waals surface area contributed by atoms with E-state index in [1.54, 1.807) is 6.07 Å². The van der Waals surface area contributed by atoms with Gasteiger partial charge in [0.2, 0.25) is 0 Å². The van der Waals surface area contributed by atoms with E-state index < -0.39 is 0 Å². The van der Waals surface area contributed by atoms with E-state index in [1.165, 1.54) is 6.33 Å². The Hall–Kier alpha value is -2.43. The van der Waals surface area contributed by atoms with Crippen LogP contribution in [0.4, 0.5) is 11.5 Å². The van der Waals surface area contributed by atoms with Crippen molar-refractivity contribution in [3.05, 3.63) is 47.4 Å². The number of benzene rings is 1. The molecular formula is C17H22N4O. The minimum Gasteiger partial charge on any atom is -0.357 e. The molecule has 0 fully saturated rings. The largest absolute Gasteiger partial charge is 0.357 e. The number of nitrogens with one attached hydrogen (secondary N) is 1. The van der Waals surface area contributed by atoms with Crippen LogP contribution in [0, 0.1) is 13.8 Å². The summed E-state index contributed by atoms with van der Waals surface area (Å²) in [5, 5.41) is 2.92. The molecule has 116 valence electrons. The predicted molar refractivity (Wildman–Crippen MR) is 89.5 cm³/mol. The summed E-state index contributed by atoms with van der Waals surface area (Å²) in [7, 11) is 0. The lowest BCUT2D eigenvalue weighted by atomic mass is 10.1. The summed E-state index contributed by atoms with van der Waals surface area (Å²) in [5.74, 6) is 0.552. The maximum absolute atomic E-state index is 12.4. The van der Waals surface area contributed by atoms with Gasteiger partial charge in [0, 0.05) is 24.8 Å². The van der Waals surface area contributed by atoms with Crippen LogP contribution < -0.4 is 10.2 Å². The number of rotatable bonds is 5. The van der Waals surface area contributed by atoms with Gasteiger partial charge in [-0.3, -0.25) is 4.79 Å². The summed E-state index contributed by atoms with van der Waals surface area (Å²) in [6, 6.07) is 7.58. The summed E-state index contributed by atoms with van der Waals surface area (Å²) in [5.41, 5.74) is 3.39. The minimum atomic E-state index is -0.218. The second-order valence-corrected chi connectivity index (χ2v) is 5.14. The zero-order valence-electron chi connectivity index (χ0n) is 13.6. The van der Waals surface area contributed by atoms with E-state index in [9.17, 15) is 4.79 Å². The first kappa shape index (κ1) is 15.9. The second-order valence-electron chi connectivity index (χ2n) is 5.14. The van der Waals surface area contributed by atoms with Crippen molar-refractivity contribution < 1.29 is 4.79 Å². The first-order chi connectivity index (χ1) is 10.6. The molecule has 1 heterocycles. The Bertz CT molecular complexity index is 665. The fourth-order valence-corrected chi connectivity index (χ4v) is 2.26. The first-order valence-electron chi connectivity index (χ1n) is 7.51. The number of amides is 1. The molecule has 0 aliphatic heterocycles. The number of carbonyl (C=O) groups is 1. The summed E-state index contributed by atoms with van der Waals surface area (Å²) in [6.45, 7) is 9.81. The van der Waals surface area contributed by atoms with Crippen molar-refractivity contribution >= 4 is 17.4 Å². The highest BCUT2D eigenvalue weighted by Crippen LogP contribution is 2.19. The van der Waals surface area contributed by atoms with Gasteiger partial charge < -0.3 is 10.2 Å². The quantitative estimate of drug-likeness (QED) is 0.921. The molecule has 22 heavy (non-hydrogen) atoms. The molecule has 1 aromatic carbocycles. The maximum atomic E-state index is 12.4. The Balaban J connectivity index is 2.23. The van der Waals surface area contributed by atoms with Crippen molar-refractivity contribution in [2.75, 3.05) is 23.3 Å². The van der Waals surface area contributed by atoms with Gasteiger partial charge in [-0.15, -0.1) is 0 Å². The van der Waals surface area contributed by atoms with Gasteiger partial charge in [0.15, 0.2) is 0 Å². The molecule has 0 radical (unpaired) electrons. The third-order valence-corrected chi connectivity index (χ3v) is 3.83. The lowest BCUT2D eigenvalue weighted by molar-refractivity contribution is 0.102. The zero-order valence-corrected chi connectivity index (χ0v) is 13.6. The van der Waals surface area contributed by atoms with E-state index in [0.29, 0.717) is 5.69 Å². The van der Waals surface area contributed by atoms with Crippen molar-refractivity contribution in [2.24, 2.45) is 0 Å². The molecule has 0 unspecified atom stereocenters. The van der Waals surface area contributed by atoms with Crippen LogP contribution in [0.25, 0.3) is 0 Å². The average Bonchev–Trinajstić information content (AvgIpc) is 2.53. The van der Waals surface area contributed by atoms with Crippen LogP contribution in [-0.4, -0.2) is 29.0 Å². The van der Waals surface area contributed by atoms with Gasteiger partial charge >= 0.3 is 0 Å². The van der Waals surface area contributed by atoms with Crippen molar-refractivity contribution in [3.8, 4) is 0 Å². The van der Waals surface area contributed by atoms with E-state index in [1.807, 2.05) is 32.0 Å². The minimum absolute atomic E-state index is 0.218. The fourth-order valence-electron chi connectivity index (χ4n) is 2.26. The molecule has 0 spiro atoms. The van der Waals surface area contributed by atoms with E-state index in [4.69, 9.17) is 0 Å². The molecule has 0 aliphatic carbocycles. The van der Waals surface area contributed by atoms with Crippen molar-refractivity contribution in [3.63, 3.8) is 0 Å². The van der Waals surface area contributed by atoms with Crippen LogP contribution in [0.2, 0.25) is 0 Å². The summed E-state index contributed by atoms with van der Waals surface area (Å²) in [4.78, 5) is 22.8. The highest BCUT2D eigenvalue weighted by molar-refractivity contribution is 6.03. The van der Waals surface area contributed by atoms with Crippen LogP contribution in [0.1, 0.15) is 35.5 Å². The standard InChI is InChI=1S/C17H22N4O/c1-5-21(6-2)16-10-15(18-11-19-16)17(22)20-14-9-7-8-12(3)13(14)4/h7-11H,5-6H2,1-4H3,(H,20,22). The molecule has 2 rings (SSSR count). The lowest BCUT2D eigenvalue weighted by Gasteiger charge is -2.19. The SMILES string of the molecule is CCN(CC)c1cc(C(=O)Nc2cccc(C)c2C)ncn1. The second kappa shape index (κ2) is 7.02. The molecule has 1 amide bonds. The van der Waals surface area contributed by atoms with Gasteiger partial charge in [0.1, 0.15) is 17.8 Å². The molecule has 1 N–H and O–H groups in total. The van der Waals surface area contributed by atoms with Crippen LogP contribution in [-0.2, 0) is 0 Å². The normalized spacial score (nSPS) is 10.4. The number of anilines is 2. The Morgan fingerprint density at radius 1 is 1.18 bits per heavy atom. The Morgan fingerprint density at radius 2 is 1.91 bits per heavy atom. The van der Waals surface area contributed by atoms with E-state index in [2.05, 4.69) is 34.0 Å². The molecule has 0 bridgehead atoms. The average molecular weight is 298 g/mol. The smallest absolute Gasteiger partial charge is 0.274 e. The van der Waals surface area contributed by atoms with Crippen molar-refractivity contribution in [1.82, 2.24) is 9.97 Å². The van der Waals surface area contributed by atoms with Gasteiger partial charge in [0.25, 0.3) is 5.91 Å². The third kappa shape index (κ3) is 3.42. The van der Waals surface area contributed by atoms with Crippen molar-refractivity contribution in [2.45, 2.75) is 27.7 Å². The number of hydrogen-bond acceptors (Lipinski definition) is 4. The number of hydrogen-bond donors (Lipinski definition) is 1. The number of carbonyl (C=O) groups excluding carboxylic acids is 1. The Kier molecular flexibility index (Phi) is 5.09. The Morgan fingerprint density at radius 3 is 2.59 bits per heavy atom. The molecule has 0 saturated carbocycles. The molecular weight excluding hydrogens is 276 g/mol. The fraction of sp³-hybridized carbons (Fsp3) is 0.353.